The molecule has 6 heteroatoms. The number of aromatic nitrogens is 2. The van der Waals surface area contributed by atoms with Crippen LogP contribution in [0.2, 0.25) is 0 Å². The number of carbonyl (C=O) groups is 1. The largest absolute Gasteiger partial charge is 0.349 e. The highest BCUT2D eigenvalue weighted by Gasteiger charge is 2.25. The fourth-order valence-corrected chi connectivity index (χ4v) is 3.84. The van der Waals surface area contributed by atoms with Crippen molar-refractivity contribution in [1.29, 1.82) is 0 Å². The van der Waals surface area contributed by atoms with Gasteiger partial charge in [-0.3, -0.25) is 9.48 Å². The molecule has 5 nitrogen and oxygen atoms in total. The number of benzene rings is 2. The van der Waals surface area contributed by atoms with Crippen LogP contribution in [0.25, 0.3) is 11.3 Å². The molecule has 2 heterocycles. The highest BCUT2D eigenvalue weighted by atomic mass is 35.5. The van der Waals surface area contributed by atoms with Gasteiger partial charge in [0.1, 0.15) is 5.69 Å². The number of piperidine rings is 1. The maximum absolute atomic E-state index is 13.2. The molecule has 4 rings (SSSR count). The van der Waals surface area contributed by atoms with Crippen molar-refractivity contribution >= 4 is 18.3 Å². The Morgan fingerprint density at radius 2 is 1.90 bits per heavy atom. The molecule has 0 spiro atoms. The maximum Gasteiger partial charge on any atom is 0.255 e. The Bertz CT molecular complexity index is 969. The molecule has 30 heavy (non-hydrogen) atoms. The Labute approximate surface area is 184 Å². The first kappa shape index (κ1) is 22.1. The second kappa shape index (κ2) is 9.92. The topological polar surface area (TPSA) is 59.0 Å². The van der Waals surface area contributed by atoms with Crippen LogP contribution in [0.1, 0.15) is 34.8 Å². The van der Waals surface area contributed by atoms with Crippen molar-refractivity contribution in [2.45, 2.75) is 32.9 Å². The number of amides is 1. The van der Waals surface area contributed by atoms with Crippen LogP contribution < -0.4 is 10.6 Å². The lowest BCUT2D eigenvalue weighted by atomic mass is 9.95. The van der Waals surface area contributed by atoms with E-state index >= 15 is 0 Å². The van der Waals surface area contributed by atoms with Crippen LogP contribution >= 0.6 is 12.4 Å². The van der Waals surface area contributed by atoms with Gasteiger partial charge in [0.15, 0.2) is 0 Å². The predicted molar refractivity (Wildman–Crippen MR) is 123 cm³/mol. The van der Waals surface area contributed by atoms with Gasteiger partial charge in [0, 0.05) is 17.8 Å². The smallest absolute Gasteiger partial charge is 0.255 e. The fourth-order valence-electron chi connectivity index (χ4n) is 3.84. The van der Waals surface area contributed by atoms with Gasteiger partial charge in [0.25, 0.3) is 5.91 Å². The minimum Gasteiger partial charge on any atom is -0.349 e. The Kier molecular flexibility index (Phi) is 7.29. The molecule has 0 saturated carbocycles. The summed E-state index contributed by atoms with van der Waals surface area (Å²) in [4.78, 5) is 13.2. The lowest BCUT2D eigenvalue weighted by molar-refractivity contribution is 0.0915. The second-order valence-corrected chi connectivity index (χ2v) is 7.99. The summed E-state index contributed by atoms with van der Waals surface area (Å²) in [7, 11) is 0. The van der Waals surface area contributed by atoms with E-state index in [0.29, 0.717) is 18.0 Å². The average Bonchev–Trinajstić information content (AvgIpc) is 3.15. The van der Waals surface area contributed by atoms with E-state index < -0.39 is 0 Å². The van der Waals surface area contributed by atoms with Crippen LogP contribution in [0.15, 0.2) is 60.8 Å². The molecule has 1 aliphatic heterocycles. The molecule has 0 aliphatic carbocycles. The van der Waals surface area contributed by atoms with Gasteiger partial charge in [-0.15, -0.1) is 12.4 Å². The molecule has 1 aromatic heterocycles. The van der Waals surface area contributed by atoms with Gasteiger partial charge < -0.3 is 10.6 Å². The van der Waals surface area contributed by atoms with E-state index in [1.54, 1.807) is 0 Å². The molecule has 158 valence electrons. The van der Waals surface area contributed by atoms with Crippen LogP contribution in [-0.4, -0.2) is 34.8 Å². The van der Waals surface area contributed by atoms with E-state index in [9.17, 15) is 4.79 Å². The van der Waals surface area contributed by atoms with Crippen LogP contribution in [-0.2, 0) is 6.54 Å². The van der Waals surface area contributed by atoms with E-state index in [2.05, 4.69) is 48.7 Å². The Hall–Kier alpha value is -2.63. The summed E-state index contributed by atoms with van der Waals surface area (Å²) < 4.78 is 1.87. The summed E-state index contributed by atoms with van der Waals surface area (Å²) in [5.74, 6) is 0.369. The van der Waals surface area contributed by atoms with Gasteiger partial charge >= 0.3 is 0 Å². The van der Waals surface area contributed by atoms with Gasteiger partial charge in [-0.25, -0.2) is 0 Å². The third-order valence-corrected chi connectivity index (χ3v) is 5.62. The zero-order valence-corrected chi connectivity index (χ0v) is 18.3. The lowest BCUT2D eigenvalue weighted by Crippen LogP contribution is -2.48. The number of nitrogens with one attached hydrogen (secondary N) is 2. The highest BCUT2D eigenvalue weighted by Crippen LogP contribution is 2.24. The molecule has 0 bridgehead atoms. The number of hydrogen-bond donors (Lipinski definition) is 2. The molecule has 2 atom stereocenters. The summed E-state index contributed by atoms with van der Waals surface area (Å²) >= 11 is 0. The zero-order chi connectivity index (χ0) is 20.2. The number of aryl methyl sites for hydroxylation is 1. The zero-order valence-electron chi connectivity index (χ0n) is 17.5. The van der Waals surface area contributed by atoms with Crippen molar-refractivity contribution in [2.75, 3.05) is 13.1 Å². The minimum atomic E-state index is -0.0429. The quantitative estimate of drug-likeness (QED) is 0.649. The van der Waals surface area contributed by atoms with Gasteiger partial charge in [0.2, 0.25) is 0 Å². The van der Waals surface area contributed by atoms with Gasteiger partial charge in [-0.1, -0.05) is 67.1 Å². The van der Waals surface area contributed by atoms with Crippen molar-refractivity contribution < 1.29 is 4.79 Å². The molecule has 2 aromatic carbocycles. The number of nitrogens with zero attached hydrogens (tertiary/aromatic N) is 2. The number of halogens is 1. The first-order valence-corrected chi connectivity index (χ1v) is 10.3. The van der Waals surface area contributed by atoms with Crippen molar-refractivity contribution in [3.8, 4) is 11.3 Å². The summed E-state index contributed by atoms with van der Waals surface area (Å²) in [6.45, 7) is 6.74. The maximum atomic E-state index is 13.2. The molecular weight excluding hydrogens is 396 g/mol. The average molecular weight is 425 g/mol. The van der Waals surface area contributed by atoms with E-state index in [-0.39, 0.29) is 24.4 Å². The van der Waals surface area contributed by atoms with E-state index in [0.717, 1.165) is 36.3 Å². The second-order valence-electron chi connectivity index (χ2n) is 7.99. The molecule has 2 unspecified atom stereocenters. The fraction of sp³-hybridized carbons (Fsp3) is 0.333. The third kappa shape index (κ3) is 5.10. The lowest BCUT2D eigenvalue weighted by Gasteiger charge is -2.30. The Balaban J connectivity index is 0.00000256. The highest BCUT2D eigenvalue weighted by molar-refractivity contribution is 6.00. The van der Waals surface area contributed by atoms with Crippen LogP contribution in [0, 0.1) is 12.8 Å². The third-order valence-electron chi connectivity index (χ3n) is 5.62. The van der Waals surface area contributed by atoms with Crippen molar-refractivity contribution in [2.24, 2.45) is 5.92 Å². The minimum absolute atomic E-state index is 0. The number of carbonyl (C=O) groups excluding carboxylic acids is 1. The molecule has 2 N–H and O–H groups in total. The van der Waals surface area contributed by atoms with Crippen molar-refractivity contribution in [3.63, 3.8) is 0 Å². The van der Waals surface area contributed by atoms with E-state index in [1.807, 2.05) is 41.2 Å². The molecule has 0 radical (unpaired) electrons. The first-order valence-electron chi connectivity index (χ1n) is 10.3. The summed E-state index contributed by atoms with van der Waals surface area (Å²) in [5.41, 5.74) is 4.68. The molecular formula is C24H29ClN4O. The van der Waals surface area contributed by atoms with Gasteiger partial charge in [-0.05, 0) is 37.9 Å². The summed E-state index contributed by atoms with van der Waals surface area (Å²) in [6.07, 6.45) is 2.83. The molecule has 1 aliphatic rings. The van der Waals surface area contributed by atoms with Gasteiger partial charge in [0.05, 0.1) is 12.1 Å². The van der Waals surface area contributed by atoms with Crippen molar-refractivity contribution in [1.82, 2.24) is 20.4 Å². The number of hydrogen-bond acceptors (Lipinski definition) is 3. The molecule has 1 amide bonds. The molecule has 1 fully saturated rings. The Morgan fingerprint density at radius 3 is 2.60 bits per heavy atom. The molecule has 1 saturated heterocycles. The van der Waals surface area contributed by atoms with E-state index in [4.69, 9.17) is 5.10 Å². The SMILES string of the molecule is Cc1ccc(-c2nn(Cc3ccccc3)cc2C(=O)NC2CCNCC2C)cc1.Cl. The monoisotopic (exact) mass is 424 g/mol. The Morgan fingerprint density at radius 1 is 1.17 bits per heavy atom. The summed E-state index contributed by atoms with van der Waals surface area (Å²) in [5, 5.41) is 11.4. The van der Waals surface area contributed by atoms with E-state index in [1.165, 1.54) is 5.56 Å². The van der Waals surface area contributed by atoms with Gasteiger partial charge in [-0.2, -0.15) is 5.10 Å². The van der Waals surface area contributed by atoms with Crippen LogP contribution in [0.5, 0.6) is 0 Å². The van der Waals surface area contributed by atoms with Crippen LogP contribution in [0.3, 0.4) is 0 Å². The molecule has 3 aromatic rings. The summed E-state index contributed by atoms with van der Waals surface area (Å²) in [6, 6.07) is 18.6. The predicted octanol–water partition coefficient (Wildman–Crippen LogP) is 4.06. The van der Waals surface area contributed by atoms with Crippen molar-refractivity contribution in [3.05, 3.63) is 77.5 Å². The standard InChI is InChI=1S/C24H28N4O.ClH/c1-17-8-10-20(11-9-17)23-21(24(29)26-22-12-13-25-14-18(22)2)16-28(27-23)15-19-6-4-3-5-7-19;/h3-11,16,18,22,25H,12-15H2,1-2H3,(H,26,29);1H. The van der Waals surface area contributed by atoms with Crippen LogP contribution in [0.4, 0.5) is 0 Å². The first-order chi connectivity index (χ1) is 14.1. The normalized spacial score (nSPS) is 18.5. The number of rotatable bonds is 5.